The molecule has 0 amide bonds. The minimum atomic E-state index is 0.198. The maximum absolute atomic E-state index is 5.43. The summed E-state index contributed by atoms with van der Waals surface area (Å²) in [5.74, 6) is 1.77. The third kappa shape index (κ3) is 3.96. The van der Waals surface area contributed by atoms with Crippen LogP contribution in [0.3, 0.4) is 0 Å². The zero-order valence-corrected chi connectivity index (χ0v) is 12.6. The molecule has 19 heavy (non-hydrogen) atoms. The average molecular weight is 321 g/mol. The number of rotatable bonds is 5. The second-order valence-electron chi connectivity index (χ2n) is 4.23. The highest BCUT2D eigenvalue weighted by Gasteiger charge is 2.06. The van der Waals surface area contributed by atoms with Gasteiger partial charge < -0.3 is 10.1 Å². The van der Waals surface area contributed by atoms with Gasteiger partial charge in [-0.15, -0.1) is 0 Å². The maximum atomic E-state index is 5.43. The fourth-order valence-corrected chi connectivity index (χ4v) is 2.02. The Morgan fingerprint density at radius 2 is 1.95 bits per heavy atom. The Morgan fingerprint density at radius 3 is 2.53 bits per heavy atom. The molecule has 2 aromatic rings. The summed E-state index contributed by atoms with van der Waals surface area (Å²) in [6, 6.07) is 12.3. The van der Waals surface area contributed by atoms with E-state index in [1.807, 2.05) is 31.2 Å². The predicted molar refractivity (Wildman–Crippen MR) is 81.6 cm³/mol. The van der Waals surface area contributed by atoms with Crippen LogP contribution in [0.25, 0.3) is 0 Å². The number of nitrogens with zero attached hydrogens (tertiary/aromatic N) is 1. The van der Waals surface area contributed by atoms with E-state index in [0.29, 0.717) is 6.61 Å². The van der Waals surface area contributed by atoms with Gasteiger partial charge in [0.1, 0.15) is 11.6 Å². The molecule has 0 aliphatic carbocycles. The summed E-state index contributed by atoms with van der Waals surface area (Å²) in [7, 11) is 0. The van der Waals surface area contributed by atoms with Gasteiger partial charge in [0.25, 0.3) is 0 Å². The van der Waals surface area contributed by atoms with Crippen molar-refractivity contribution < 1.29 is 4.74 Å². The lowest BCUT2D eigenvalue weighted by Gasteiger charge is -2.15. The molecule has 0 saturated carbocycles. The smallest absolute Gasteiger partial charge is 0.126 e. The normalized spacial score (nSPS) is 11.9. The highest BCUT2D eigenvalue weighted by atomic mass is 79.9. The molecule has 1 unspecified atom stereocenters. The third-order valence-electron chi connectivity index (χ3n) is 2.78. The van der Waals surface area contributed by atoms with Crippen LogP contribution in [0, 0.1) is 0 Å². The summed E-state index contributed by atoms with van der Waals surface area (Å²) in [5, 5.41) is 3.36. The first-order chi connectivity index (χ1) is 9.19. The molecule has 1 aromatic heterocycles. The molecule has 0 aliphatic heterocycles. The lowest BCUT2D eigenvalue weighted by Crippen LogP contribution is -2.07. The van der Waals surface area contributed by atoms with Crippen LogP contribution in [-0.2, 0) is 0 Å². The molecule has 1 aromatic carbocycles. The lowest BCUT2D eigenvalue weighted by atomic mass is 10.1. The molecule has 1 atom stereocenters. The summed E-state index contributed by atoms with van der Waals surface area (Å²) >= 11 is 3.38. The Bertz CT molecular complexity index is 511. The second-order valence-corrected chi connectivity index (χ2v) is 5.15. The summed E-state index contributed by atoms with van der Waals surface area (Å²) < 4.78 is 6.41. The minimum Gasteiger partial charge on any atom is -0.494 e. The van der Waals surface area contributed by atoms with Crippen LogP contribution in [0.4, 0.5) is 5.82 Å². The molecule has 0 bridgehead atoms. The Morgan fingerprint density at radius 1 is 1.21 bits per heavy atom. The van der Waals surface area contributed by atoms with Crippen LogP contribution >= 0.6 is 15.9 Å². The molecule has 3 nitrogen and oxygen atoms in total. The molecule has 0 aliphatic rings. The lowest BCUT2D eigenvalue weighted by molar-refractivity contribution is 0.340. The van der Waals surface area contributed by atoms with Gasteiger partial charge in [-0.1, -0.05) is 12.1 Å². The van der Waals surface area contributed by atoms with Gasteiger partial charge in [0.15, 0.2) is 0 Å². The summed E-state index contributed by atoms with van der Waals surface area (Å²) in [4.78, 5) is 4.31. The van der Waals surface area contributed by atoms with Crippen molar-refractivity contribution in [2.45, 2.75) is 19.9 Å². The molecule has 4 heteroatoms. The Balaban J connectivity index is 2.02. The number of anilines is 1. The summed E-state index contributed by atoms with van der Waals surface area (Å²) in [6.07, 6.45) is 1.78. The van der Waals surface area contributed by atoms with E-state index >= 15 is 0 Å². The summed E-state index contributed by atoms with van der Waals surface area (Å²) in [6.45, 7) is 4.78. The van der Waals surface area contributed by atoms with E-state index in [9.17, 15) is 0 Å². The highest BCUT2D eigenvalue weighted by molar-refractivity contribution is 9.10. The molecule has 100 valence electrons. The van der Waals surface area contributed by atoms with E-state index in [1.165, 1.54) is 5.56 Å². The van der Waals surface area contributed by atoms with E-state index in [4.69, 9.17) is 4.74 Å². The van der Waals surface area contributed by atoms with Gasteiger partial charge in [0.2, 0.25) is 0 Å². The van der Waals surface area contributed by atoms with Gasteiger partial charge in [0, 0.05) is 16.7 Å². The first-order valence-corrected chi connectivity index (χ1v) is 7.09. The van der Waals surface area contributed by atoms with Gasteiger partial charge in [-0.2, -0.15) is 0 Å². The molecular weight excluding hydrogens is 304 g/mol. The first kappa shape index (κ1) is 13.9. The number of nitrogens with one attached hydrogen (secondary N) is 1. The zero-order chi connectivity index (χ0) is 13.7. The monoisotopic (exact) mass is 320 g/mol. The largest absolute Gasteiger partial charge is 0.494 e. The number of aromatic nitrogens is 1. The number of hydrogen-bond acceptors (Lipinski definition) is 3. The first-order valence-electron chi connectivity index (χ1n) is 6.30. The van der Waals surface area contributed by atoms with Crippen LogP contribution in [0.2, 0.25) is 0 Å². The van der Waals surface area contributed by atoms with Crippen molar-refractivity contribution in [3.05, 3.63) is 52.6 Å². The van der Waals surface area contributed by atoms with Crippen molar-refractivity contribution in [1.29, 1.82) is 0 Å². The van der Waals surface area contributed by atoms with Crippen LogP contribution in [0.1, 0.15) is 25.5 Å². The number of halogens is 1. The molecule has 0 radical (unpaired) electrons. The highest BCUT2D eigenvalue weighted by Crippen LogP contribution is 2.21. The molecule has 0 fully saturated rings. The van der Waals surface area contributed by atoms with Crippen LogP contribution < -0.4 is 10.1 Å². The standard InChI is InChI=1S/C15H17BrN2O/c1-3-19-14-7-4-12(5-8-14)11(2)18-15-9-6-13(16)10-17-15/h4-11H,3H2,1-2H3,(H,17,18). The van der Waals surface area contributed by atoms with Crippen molar-refractivity contribution in [1.82, 2.24) is 4.98 Å². The van der Waals surface area contributed by atoms with E-state index in [1.54, 1.807) is 6.20 Å². The number of pyridine rings is 1. The topological polar surface area (TPSA) is 34.1 Å². The van der Waals surface area contributed by atoms with Gasteiger partial charge in [0.05, 0.1) is 6.61 Å². The molecule has 1 N–H and O–H groups in total. The summed E-state index contributed by atoms with van der Waals surface area (Å²) in [5.41, 5.74) is 1.20. The molecular formula is C15H17BrN2O. The molecule has 0 saturated heterocycles. The fraction of sp³-hybridized carbons (Fsp3) is 0.267. The Hall–Kier alpha value is -1.55. The number of benzene rings is 1. The van der Waals surface area contributed by atoms with Crippen molar-refractivity contribution >= 4 is 21.7 Å². The van der Waals surface area contributed by atoms with Gasteiger partial charge in [-0.3, -0.25) is 0 Å². The van der Waals surface area contributed by atoms with Gasteiger partial charge in [-0.25, -0.2) is 4.98 Å². The second kappa shape index (κ2) is 6.57. The van der Waals surface area contributed by atoms with Crippen molar-refractivity contribution in [2.75, 3.05) is 11.9 Å². The average Bonchev–Trinajstić information content (AvgIpc) is 2.42. The Kier molecular flexibility index (Phi) is 4.80. The zero-order valence-electron chi connectivity index (χ0n) is 11.1. The van der Waals surface area contributed by atoms with Crippen molar-refractivity contribution in [3.8, 4) is 5.75 Å². The SMILES string of the molecule is CCOc1ccc(C(C)Nc2ccc(Br)cn2)cc1. The minimum absolute atomic E-state index is 0.198. The predicted octanol–water partition coefficient (Wildman–Crippen LogP) is 4.42. The molecule has 2 rings (SSSR count). The van der Waals surface area contributed by atoms with Gasteiger partial charge in [-0.05, 0) is 59.6 Å². The molecule has 1 heterocycles. The van der Waals surface area contributed by atoms with E-state index in [0.717, 1.165) is 16.0 Å². The molecule has 0 spiro atoms. The Labute approximate surface area is 122 Å². The van der Waals surface area contributed by atoms with Crippen molar-refractivity contribution in [2.24, 2.45) is 0 Å². The van der Waals surface area contributed by atoms with Crippen LogP contribution in [-0.4, -0.2) is 11.6 Å². The van der Waals surface area contributed by atoms with E-state index < -0.39 is 0 Å². The fourth-order valence-electron chi connectivity index (χ4n) is 1.79. The van der Waals surface area contributed by atoms with Crippen LogP contribution in [0.15, 0.2) is 47.1 Å². The van der Waals surface area contributed by atoms with E-state index in [2.05, 4.69) is 45.3 Å². The quantitative estimate of drug-likeness (QED) is 0.885. The number of hydrogen-bond donors (Lipinski definition) is 1. The number of ether oxygens (including phenoxy) is 1. The van der Waals surface area contributed by atoms with Crippen LogP contribution in [0.5, 0.6) is 5.75 Å². The van der Waals surface area contributed by atoms with E-state index in [-0.39, 0.29) is 6.04 Å². The maximum Gasteiger partial charge on any atom is 0.126 e. The van der Waals surface area contributed by atoms with Gasteiger partial charge >= 0.3 is 0 Å². The van der Waals surface area contributed by atoms with Crippen molar-refractivity contribution in [3.63, 3.8) is 0 Å². The third-order valence-corrected chi connectivity index (χ3v) is 3.25.